The monoisotopic (exact) mass is 466 g/mol. The quantitative estimate of drug-likeness (QED) is 0.459. The number of piperazine rings is 1. The Balaban J connectivity index is 1.23. The van der Waals surface area contributed by atoms with Gasteiger partial charge in [-0.05, 0) is 41.8 Å². The number of fused-ring (bicyclic) bond motifs is 2. The van der Waals surface area contributed by atoms with E-state index >= 15 is 0 Å². The van der Waals surface area contributed by atoms with E-state index in [-0.39, 0.29) is 6.03 Å². The normalized spacial score (nSPS) is 18.1. The average molecular weight is 467 g/mol. The van der Waals surface area contributed by atoms with Gasteiger partial charge in [0, 0.05) is 56.4 Å². The summed E-state index contributed by atoms with van der Waals surface area (Å²) >= 11 is 0. The molecule has 0 saturated carbocycles. The van der Waals surface area contributed by atoms with E-state index in [1.165, 1.54) is 15.8 Å². The molecule has 2 aliphatic heterocycles. The summed E-state index contributed by atoms with van der Waals surface area (Å²) in [5, 5.41) is 12.4. The van der Waals surface area contributed by atoms with Crippen LogP contribution in [0, 0.1) is 0 Å². The predicted octanol–water partition coefficient (Wildman–Crippen LogP) is 4.30. The average Bonchev–Trinajstić information content (AvgIpc) is 3.50. The zero-order valence-electron chi connectivity index (χ0n) is 19.7. The number of rotatable bonds is 5. The molecule has 2 N–H and O–H groups in total. The second kappa shape index (κ2) is 9.52. The molecular formula is C28H30N6O. The highest BCUT2D eigenvalue weighted by molar-refractivity contribution is 6.01. The third kappa shape index (κ3) is 4.40. The third-order valence-electron chi connectivity index (χ3n) is 7.09. The van der Waals surface area contributed by atoms with Crippen LogP contribution in [0.5, 0.6) is 0 Å². The van der Waals surface area contributed by atoms with Crippen LogP contribution < -0.4 is 15.5 Å². The number of carbonyl (C=O) groups excluding carboxylic acids is 1. The molecule has 6 rings (SSSR count). The van der Waals surface area contributed by atoms with E-state index < -0.39 is 0 Å². The smallest absolute Gasteiger partial charge is 0.347 e. The minimum Gasteiger partial charge on any atom is -0.349 e. The fourth-order valence-corrected chi connectivity index (χ4v) is 5.31. The van der Waals surface area contributed by atoms with Gasteiger partial charge in [-0.2, -0.15) is 4.68 Å². The molecule has 3 heterocycles. The van der Waals surface area contributed by atoms with Gasteiger partial charge in [0.1, 0.15) is 0 Å². The van der Waals surface area contributed by atoms with Crippen LogP contribution in [0.2, 0.25) is 0 Å². The first-order valence-corrected chi connectivity index (χ1v) is 12.4. The lowest BCUT2D eigenvalue weighted by Crippen LogP contribution is -2.52. The molecule has 2 aliphatic rings. The van der Waals surface area contributed by atoms with E-state index in [0.717, 1.165) is 68.1 Å². The highest BCUT2D eigenvalue weighted by Crippen LogP contribution is 2.30. The Bertz CT molecular complexity index is 1310. The lowest BCUT2D eigenvalue weighted by Gasteiger charge is -2.37. The van der Waals surface area contributed by atoms with Crippen molar-refractivity contribution in [2.45, 2.75) is 25.6 Å². The molecule has 7 nitrogen and oxygen atoms in total. The van der Waals surface area contributed by atoms with E-state index in [1.807, 2.05) is 48.5 Å². The summed E-state index contributed by atoms with van der Waals surface area (Å²) in [5.41, 5.74) is 4.47. The predicted molar refractivity (Wildman–Crippen MR) is 140 cm³/mol. The minimum atomic E-state index is -0.250. The molecule has 3 aromatic carbocycles. The number of hydrogen-bond donors (Lipinski definition) is 2. The maximum Gasteiger partial charge on any atom is 0.347 e. The molecule has 1 saturated heterocycles. The van der Waals surface area contributed by atoms with Crippen molar-refractivity contribution in [3.63, 3.8) is 0 Å². The van der Waals surface area contributed by atoms with Gasteiger partial charge in [0.25, 0.3) is 0 Å². The lowest BCUT2D eigenvalue weighted by atomic mass is 10.1. The van der Waals surface area contributed by atoms with Crippen molar-refractivity contribution in [2.24, 2.45) is 0 Å². The van der Waals surface area contributed by atoms with Crippen LogP contribution in [-0.4, -0.2) is 52.9 Å². The van der Waals surface area contributed by atoms with Crippen molar-refractivity contribution in [3.05, 3.63) is 90.0 Å². The van der Waals surface area contributed by atoms with Crippen LogP contribution in [0.25, 0.3) is 10.9 Å². The van der Waals surface area contributed by atoms with E-state index in [0.29, 0.717) is 6.04 Å². The molecule has 0 spiro atoms. The number of para-hydroxylation sites is 2. The number of amides is 1. The molecule has 178 valence electrons. The molecule has 1 amide bonds. The van der Waals surface area contributed by atoms with E-state index in [9.17, 15) is 4.79 Å². The molecular weight excluding hydrogens is 436 g/mol. The molecule has 35 heavy (non-hydrogen) atoms. The Kier molecular flexibility index (Phi) is 5.94. The SMILES string of the molecule is O=C(Nc1ccccc1)n1nc(N2CCNCC2CCN2Cc3ccccc3C2)c2ccccc21. The zero-order valence-corrected chi connectivity index (χ0v) is 19.7. The standard InChI is InChI=1S/C28H30N6O/c35-28(30-23-10-2-1-3-11-23)34-26-13-7-6-12-25(26)27(31-34)33-17-15-29-18-24(33)14-16-32-19-21-8-4-5-9-22(21)20-32/h1-13,24,29H,14-20H2,(H,30,35). The molecule has 4 aromatic rings. The van der Waals surface area contributed by atoms with Gasteiger partial charge in [0.05, 0.1) is 5.52 Å². The minimum absolute atomic E-state index is 0.250. The van der Waals surface area contributed by atoms with Gasteiger partial charge in [-0.3, -0.25) is 4.90 Å². The maximum absolute atomic E-state index is 13.2. The van der Waals surface area contributed by atoms with Crippen LogP contribution in [0.1, 0.15) is 17.5 Å². The van der Waals surface area contributed by atoms with E-state index in [2.05, 4.69) is 50.8 Å². The molecule has 1 aromatic heterocycles. The fourth-order valence-electron chi connectivity index (χ4n) is 5.31. The molecule has 0 radical (unpaired) electrons. The summed E-state index contributed by atoms with van der Waals surface area (Å²) in [6, 6.07) is 26.3. The van der Waals surface area contributed by atoms with Crippen LogP contribution in [0.4, 0.5) is 16.3 Å². The Morgan fingerprint density at radius 2 is 1.66 bits per heavy atom. The highest BCUT2D eigenvalue weighted by atomic mass is 16.2. The van der Waals surface area contributed by atoms with E-state index in [4.69, 9.17) is 5.10 Å². The lowest BCUT2D eigenvalue weighted by molar-refractivity contribution is 0.251. The first-order chi connectivity index (χ1) is 17.3. The summed E-state index contributed by atoms with van der Waals surface area (Å²) in [6.07, 6.45) is 1.04. The van der Waals surface area contributed by atoms with Gasteiger partial charge >= 0.3 is 6.03 Å². The zero-order chi connectivity index (χ0) is 23.6. The Morgan fingerprint density at radius 1 is 0.943 bits per heavy atom. The highest BCUT2D eigenvalue weighted by Gasteiger charge is 2.29. The number of aromatic nitrogens is 2. The van der Waals surface area contributed by atoms with Crippen molar-refractivity contribution >= 4 is 28.4 Å². The van der Waals surface area contributed by atoms with Gasteiger partial charge in [-0.1, -0.05) is 54.6 Å². The third-order valence-corrected chi connectivity index (χ3v) is 7.09. The Hall–Kier alpha value is -3.68. The number of nitrogens with zero attached hydrogens (tertiary/aromatic N) is 4. The van der Waals surface area contributed by atoms with Crippen molar-refractivity contribution in [2.75, 3.05) is 36.4 Å². The summed E-state index contributed by atoms with van der Waals surface area (Å²) in [7, 11) is 0. The van der Waals surface area contributed by atoms with Crippen LogP contribution in [-0.2, 0) is 13.1 Å². The molecule has 1 atom stereocenters. The number of anilines is 2. The van der Waals surface area contributed by atoms with Crippen molar-refractivity contribution in [3.8, 4) is 0 Å². The van der Waals surface area contributed by atoms with E-state index in [1.54, 1.807) is 0 Å². The number of nitrogens with one attached hydrogen (secondary N) is 2. The summed E-state index contributed by atoms with van der Waals surface area (Å²) in [5.74, 6) is 0.889. The summed E-state index contributed by atoms with van der Waals surface area (Å²) < 4.78 is 1.51. The molecule has 0 aliphatic carbocycles. The molecule has 7 heteroatoms. The van der Waals surface area contributed by atoms with Crippen molar-refractivity contribution < 1.29 is 4.79 Å². The molecule has 1 unspecified atom stereocenters. The fraction of sp³-hybridized carbons (Fsp3) is 0.286. The summed E-state index contributed by atoms with van der Waals surface area (Å²) in [4.78, 5) is 18.1. The maximum atomic E-state index is 13.2. The Labute approximate surface area is 205 Å². The summed E-state index contributed by atoms with van der Waals surface area (Å²) in [6.45, 7) is 5.76. The second-order valence-electron chi connectivity index (χ2n) is 9.37. The number of hydrogen-bond acceptors (Lipinski definition) is 5. The van der Waals surface area contributed by atoms with Gasteiger partial charge < -0.3 is 15.5 Å². The number of benzene rings is 3. The van der Waals surface area contributed by atoms with Gasteiger partial charge in [-0.15, -0.1) is 5.10 Å². The molecule has 0 bridgehead atoms. The number of carbonyl (C=O) groups is 1. The van der Waals surface area contributed by atoms with Gasteiger partial charge in [0.15, 0.2) is 5.82 Å². The second-order valence-corrected chi connectivity index (χ2v) is 9.37. The van der Waals surface area contributed by atoms with Crippen molar-refractivity contribution in [1.82, 2.24) is 20.0 Å². The van der Waals surface area contributed by atoms with Gasteiger partial charge in [-0.25, -0.2) is 4.79 Å². The largest absolute Gasteiger partial charge is 0.349 e. The van der Waals surface area contributed by atoms with Crippen LogP contribution in [0.15, 0.2) is 78.9 Å². The van der Waals surface area contributed by atoms with Crippen molar-refractivity contribution in [1.29, 1.82) is 0 Å². The molecule has 1 fully saturated rings. The topological polar surface area (TPSA) is 65.4 Å². The van der Waals surface area contributed by atoms with Crippen LogP contribution in [0.3, 0.4) is 0 Å². The first kappa shape index (κ1) is 21.8. The van der Waals surface area contributed by atoms with Gasteiger partial charge in [0.2, 0.25) is 0 Å². The Morgan fingerprint density at radius 3 is 2.46 bits per heavy atom. The first-order valence-electron chi connectivity index (χ1n) is 12.4. The van der Waals surface area contributed by atoms with Crippen LogP contribution >= 0.6 is 0 Å².